The van der Waals surface area contributed by atoms with Crippen LogP contribution in [0.25, 0.3) is 0 Å². The molecule has 1 aromatic heterocycles. The first-order chi connectivity index (χ1) is 10.1. The van der Waals surface area contributed by atoms with Crippen molar-refractivity contribution in [1.82, 2.24) is 20.4 Å². The summed E-state index contributed by atoms with van der Waals surface area (Å²) in [5.74, 6) is 0.481. The van der Waals surface area contributed by atoms with Crippen LogP contribution in [0.3, 0.4) is 0 Å². The van der Waals surface area contributed by atoms with E-state index >= 15 is 0 Å². The molecule has 126 valence electrons. The summed E-state index contributed by atoms with van der Waals surface area (Å²) in [6.45, 7) is 7.31. The SMILES string of the molecule is Cc1c(Cl)c(C(F)(F)F)nn1CCCNC(=S)NCC(C)C. The minimum absolute atomic E-state index is 0.314. The van der Waals surface area contributed by atoms with Crippen molar-refractivity contribution >= 4 is 28.9 Å². The Morgan fingerprint density at radius 1 is 1.36 bits per heavy atom. The maximum Gasteiger partial charge on any atom is 0.436 e. The average Bonchev–Trinajstić information content (AvgIpc) is 2.69. The largest absolute Gasteiger partial charge is 0.436 e. The van der Waals surface area contributed by atoms with Crippen LogP contribution < -0.4 is 10.6 Å². The fraction of sp³-hybridized carbons (Fsp3) is 0.692. The van der Waals surface area contributed by atoms with E-state index in [4.69, 9.17) is 23.8 Å². The Labute approximate surface area is 138 Å². The first kappa shape index (κ1) is 19.0. The molecule has 0 saturated heterocycles. The molecule has 0 bridgehead atoms. The Hall–Kier alpha value is -1.02. The number of nitrogens with zero attached hydrogens (tertiary/aromatic N) is 2. The normalized spacial score (nSPS) is 11.8. The highest BCUT2D eigenvalue weighted by atomic mass is 35.5. The second-order valence-corrected chi connectivity index (χ2v) is 6.14. The first-order valence-corrected chi connectivity index (χ1v) is 7.73. The third-order valence-corrected chi connectivity index (χ3v) is 3.65. The maximum atomic E-state index is 12.7. The predicted octanol–water partition coefficient (Wildman–Crippen LogP) is 3.37. The number of hydrogen-bond acceptors (Lipinski definition) is 2. The standard InChI is InChI=1S/C13H20ClF3N4S/c1-8(2)7-19-12(22)18-5-4-6-21-9(3)10(14)11(20-21)13(15,16)17/h8H,4-7H2,1-3H3,(H2,18,19,22). The molecular formula is C13H20ClF3N4S. The lowest BCUT2D eigenvalue weighted by Gasteiger charge is -2.12. The highest BCUT2D eigenvalue weighted by Gasteiger charge is 2.38. The van der Waals surface area contributed by atoms with Crippen molar-refractivity contribution < 1.29 is 13.2 Å². The number of nitrogens with one attached hydrogen (secondary N) is 2. The van der Waals surface area contributed by atoms with E-state index in [0.29, 0.717) is 36.2 Å². The molecule has 0 unspecified atom stereocenters. The van der Waals surface area contributed by atoms with Gasteiger partial charge in [0.2, 0.25) is 0 Å². The molecular weight excluding hydrogens is 337 g/mol. The summed E-state index contributed by atoms with van der Waals surface area (Å²) >= 11 is 10.8. The third-order valence-electron chi connectivity index (χ3n) is 2.91. The number of rotatable bonds is 6. The molecule has 0 saturated carbocycles. The third kappa shape index (κ3) is 5.64. The van der Waals surface area contributed by atoms with Crippen LogP contribution in [0.5, 0.6) is 0 Å². The minimum atomic E-state index is -4.53. The van der Waals surface area contributed by atoms with E-state index in [0.717, 1.165) is 6.54 Å². The zero-order chi connectivity index (χ0) is 16.9. The number of aromatic nitrogens is 2. The number of alkyl halides is 3. The molecule has 0 atom stereocenters. The summed E-state index contributed by atoms with van der Waals surface area (Å²) in [7, 11) is 0. The van der Waals surface area contributed by atoms with Crippen LogP contribution in [0.4, 0.5) is 13.2 Å². The lowest BCUT2D eigenvalue weighted by molar-refractivity contribution is -0.141. The summed E-state index contributed by atoms with van der Waals surface area (Å²) < 4.78 is 39.3. The van der Waals surface area contributed by atoms with E-state index in [1.54, 1.807) is 0 Å². The van der Waals surface area contributed by atoms with Gasteiger partial charge < -0.3 is 10.6 Å². The molecule has 0 radical (unpaired) electrons. The fourth-order valence-electron chi connectivity index (χ4n) is 1.71. The molecule has 4 nitrogen and oxygen atoms in total. The van der Waals surface area contributed by atoms with Crippen molar-refractivity contribution in [2.45, 2.75) is 39.9 Å². The van der Waals surface area contributed by atoms with Crippen LogP contribution in [0.2, 0.25) is 5.02 Å². The molecule has 1 heterocycles. The van der Waals surface area contributed by atoms with Crippen LogP contribution >= 0.6 is 23.8 Å². The number of thiocarbonyl (C=S) groups is 1. The van der Waals surface area contributed by atoms with Gasteiger partial charge in [0.25, 0.3) is 0 Å². The van der Waals surface area contributed by atoms with Gasteiger partial charge in [0.15, 0.2) is 10.8 Å². The van der Waals surface area contributed by atoms with Gasteiger partial charge in [-0.2, -0.15) is 18.3 Å². The van der Waals surface area contributed by atoms with E-state index in [9.17, 15) is 13.2 Å². The molecule has 0 spiro atoms. The van der Waals surface area contributed by atoms with Gasteiger partial charge in [-0.1, -0.05) is 25.4 Å². The van der Waals surface area contributed by atoms with E-state index < -0.39 is 11.9 Å². The Morgan fingerprint density at radius 2 is 2.00 bits per heavy atom. The van der Waals surface area contributed by atoms with Crippen LogP contribution in [0.1, 0.15) is 31.7 Å². The van der Waals surface area contributed by atoms with Gasteiger partial charge in [0.05, 0.1) is 10.7 Å². The van der Waals surface area contributed by atoms with E-state index in [-0.39, 0.29) is 5.02 Å². The van der Waals surface area contributed by atoms with Gasteiger partial charge >= 0.3 is 6.18 Å². The van der Waals surface area contributed by atoms with Crippen LogP contribution in [0.15, 0.2) is 0 Å². The summed E-state index contributed by atoms with van der Waals surface area (Å²) in [4.78, 5) is 0. The topological polar surface area (TPSA) is 41.9 Å². The molecule has 1 rings (SSSR count). The Balaban J connectivity index is 2.45. The lowest BCUT2D eigenvalue weighted by Crippen LogP contribution is -2.37. The smallest absolute Gasteiger partial charge is 0.363 e. The number of hydrogen-bond donors (Lipinski definition) is 2. The minimum Gasteiger partial charge on any atom is -0.363 e. The summed E-state index contributed by atoms with van der Waals surface area (Å²) in [6, 6.07) is 0. The zero-order valence-electron chi connectivity index (χ0n) is 12.7. The highest BCUT2D eigenvalue weighted by molar-refractivity contribution is 7.80. The maximum absolute atomic E-state index is 12.7. The molecule has 9 heteroatoms. The van der Waals surface area contributed by atoms with Crippen molar-refractivity contribution in [2.24, 2.45) is 5.92 Å². The summed E-state index contributed by atoms with van der Waals surface area (Å²) in [5, 5.41) is 9.80. The summed E-state index contributed by atoms with van der Waals surface area (Å²) in [6.07, 6.45) is -3.95. The molecule has 1 aromatic rings. The molecule has 0 aliphatic rings. The van der Waals surface area contributed by atoms with Crippen molar-refractivity contribution in [3.05, 3.63) is 16.4 Å². The molecule has 2 N–H and O–H groups in total. The molecule has 0 aliphatic heterocycles. The van der Waals surface area contributed by atoms with E-state index in [2.05, 4.69) is 29.6 Å². The van der Waals surface area contributed by atoms with Crippen LogP contribution in [-0.2, 0) is 12.7 Å². The van der Waals surface area contributed by atoms with Crippen LogP contribution in [-0.4, -0.2) is 28.0 Å². The molecule has 0 amide bonds. The Morgan fingerprint density at radius 3 is 2.50 bits per heavy atom. The van der Waals surface area contributed by atoms with Gasteiger partial charge in [-0.05, 0) is 31.5 Å². The molecule has 0 aromatic carbocycles. The quantitative estimate of drug-likeness (QED) is 0.605. The van der Waals surface area contributed by atoms with Crippen molar-refractivity contribution in [3.8, 4) is 0 Å². The highest BCUT2D eigenvalue weighted by Crippen LogP contribution is 2.35. The summed E-state index contributed by atoms with van der Waals surface area (Å²) in [5.41, 5.74) is -0.719. The van der Waals surface area contributed by atoms with Crippen molar-refractivity contribution in [2.75, 3.05) is 13.1 Å². The van der Waals surface area contributed by atoms with Gasteiger partial charge in [-0.25, -0.2) is 0 Å². The Kier molecular flexibility index (Phi) is 6.93. The lowest BCUT2D eigenvalue weighted by atomic mass is 10.2. The van der Waals surface area contributed by atoms with E-state index in [1.807, 2.05) is 0 Å². The van der Waals surface area contributed by atoms with Gasteiger partial charge in [0, 0.05) is 19.6 Å². The second-order valence-electron chi connectivity index (χ2n) is 5.35. The average molecular weight is 357 g/mol. The van der Waals surface area contributed by atoms with Crippen molar-refractivity contribution in [3.63, 3.8) is 0 Å². The number of halogens is 4. The Bertz CT molecular complexity index is 514. The molecule has 0 fully saturated rings. The van der Waals surface area contributed by atoms with Crippen molar-refractivity contribution in [1.29, 1.82) is 0 Å². The first-order valence-electron chi connectivity index (χ1n) is 6.94. The van der Waals surface area contributed by atoms with Gasteiger partial charge in [-0.3, -0.25) is 4.68 Å². The zero-order valence-corrected chi connectivity index (χ0v) is 14.3. The number of aryl methyl sites for hydroxylation is 1. The predicted molar refractivity (Wildman–Crippen MR) is 85.0 cm³/mol. The van der Waals surface area contributed by atoms with E-state index in [1.165, 1.54) is 11.6 Å². The van der Waals surface area contributed by atoms with Gasteiger partial charge in [-0.15, -0.1) is 0 Å². The monoisotopic (exact) mass is 356 g/mol. The van der Waals surface area contributed by atoms with Gasteiger partial charge in [0.1, 0.15) is 0 Å². The second kappa shape index (κ2) is 8.01. The molecule has 0 aliphatic carbocycles. The molecule has 22 heavy (non-hydrogen) atoms. The fourth-order valence-corrected chi connectivity index (χ4v) is 2.14. The van der Waals surface area contributed by atoms with Crippen LogP contribution in [0, 0.1) is 12.8 Å².